The molecule has 2 aliphatic rings. The third kappa shape index (κ3) is 1.67. The van der Waals surface area contributed by atoms with Gasteiger partial charge in [-0.05, 0) is 32.1 Å². The number of esters is 1. The van der Waals surface area contributed by atoms with Gasteiger partial charge in [0.25, 0.3) is 0 Å². The fourth-order valence-electron chi connectivity index (χ4n) is 2.88. The second-order valence-electron chi connectivity index (χ2n) is 4.73. The van der Waals surface area contributed by atoms with E-state index in [-0.39, 0.29) is 11.4 Å². The monoisotopic (exact) mass is 196 g/mol. The summed E-state index contributed by atoms with van der Waals surface area (Å²) in [6, 6.07) is 0. The topological polar surface area (TPSA) is 26.3 Å². The van der Waals surface area contributed by atoms with Crippen LogP contribution in [0.5, 0.6) is 0 Å². The van der Waals surface area contributed by atoms with E-state index in [2.05, 4.69) is 0 Å². The van der Waals surface area contributed by atoms with Gasteiger partial charge < -0.3 is 4.74 Å². The molecule has 0 unspecified atom stereocenters. The van der Waals surface area contributed by atoms with Gasteiger partial charge in [0, 0.05) is 0 Å². The first kappa shape index (κ1) is 10.0. The number of carbonyl (C=O) groups is 1. The fraction of sp³-hybridized carbons (Fsp3) is 0.917. The van der Waals surface area contributed by atoms with Gasteiger partial charge in [-0.3, -0.25) is 4.79 Å². The first-order chi connectivity index (χ1) is 6.79. The lowest BCUT2D eigenvalue weighted by Crippen LogP contribution is -2.22. The zero-order valence-electron chi connectivity index (χ0n) is 9.05. The Morgan fingerprint density at radius 3 is 2.93 bits per heavy atom. The molecule has 14 heavy (non-hydrogen) atoms. The lowest BCUT2D eigenvalue weighted by atomic mass is 9.90. The van der Waals surface area contributed by atoms with Crippen molar-refractivity contribution in [2.75, 3.05) is 6.61 Å². The van der Waals surface area contributed by atoms with Crippen LogP contribution in [0, 0.1) is 11.3 Å². The van der Waals surface area contributed by atoms with Crippen molar-refractivity contribution < 1.29 is 9.53 Å². The SMILES string of the molecule is CCOC(=O)[C@]12CCCCCC[C@@H]1C2. The van der Waals surface area contributed by atoms with Crippen molar-refractivity contribution in [1.29, 1.82) is 0 Å². The van der Waals surface area contributed by atoms with Crippen molar-refractivity contribution in [3.63, 3.8) is 0 Å². The molecule has 0 spiro atoms. The molecule has 0 aromatic heterocycles. The third-order valence-corrected chi connectivity index (χ3v) is 3.84. The number of hydrogen-bond acceptors (Lipinski definition) is 2. The van der Waals surface area contributed by atoms with Crippen LogP contribution in [0.15, 0.2) is 0 Å². The summed E-state index contributed by atoms with van der Waals surface area (Å²) in [5.41, 5.74) is -0.0313. The van der Waals surface area contributed by atoms with Gasteiger partial charge in [0.05, 0.1) is 12.0 Å². The van der Waals surface area contributed by atoms with Gasteiger partial charge in [0.2, 0.25) is 0 Å². The number of hydrogen-bond donors (Lipinski definition) is 0. The summed E-state index contributed by atoms with van der Waals surface area (Å²) in [6.07, 6.45) is 8.62. The molecular weight excluding hydrogens is 176 g/mol. The molecule has 80 valence electrons. The quantitative estimate of drug-likeness (QED) is 0.635. The zero-order chi connectivity index (χ0) is 10.0. The van der Waals surface area contributed by atoms with Crippen LogP contribution in [0.2, 0.25) is 0 Å². The number of ether oxygens (including phenoxy) is 1. The normalized spacial score (nSPS) is 36.5. The van der Waals surface area contributed by atoms with E-state index in [1.165, 1.54) is 32.1 Å². The Bertz CT molecular complexity index is 224. The Labute approximate surface area is 86.0 Å². The van der Waals surface area contributed by atoms with Crippen LogP contribution < -0.4 is 0 Å². The minimum Gasteiger partial charge on any atom is -0.466 e. The summed E-state index contributed by atoms with van der Waals surface area (Å²) in [4.78, 5) is 11.8. The lowest BCUT2D eigenvalue weighted by molar-refractivity contribution is -0.150. The van der Waals surface area contributed by atoms with Crippen LogP contribution in [0.3, 0.4) is 0 Å². The Balaban J connectivity index is 1.97. The van der Waals surface area contributed by atoms with Gasteiger partial charge in [-0.15, -0.1) is 0 Å². The molecule has 0 amide bonds. The first-order valence-corrected chi connectivity index (χ1v) is 5.97. The van der Waals surface area contributed by atoms with Crippen molar-refractivity contribution >= 4 is 5.97 Å². The van der Waals surface area contributed by atoms with Crippen molar-refractivity contribution in [2.45, 2.75) is 51.9 Å². The highest BCUT2D eigenvalue weighted by Crippen LogP contribution is 2.60. The standard InChI is InChI=1S/C12H20O2/c1-2-14-11(13)12-8-6-4-3-5-7-10(12)9-12/h10H,2-9H2,1H3/t10-,12+/m1/s1. The molecule has 2 aliphatic carbocycles. The number of fused-ring (bicyclic) bond motifs is 1. The first-order valence-electron chi connectivity index (χ1n) is 5.97. The summed E-state index contributed by atoms with van der Waals surface area (Å²) in [7, 11) is 0. The van der Waals surface area contributed by atoms with E-state index in [0.29, 0.717) is 12.5 Å². The van der Waals surface area contributed by atoms with E-state index in [1.54, 1.807) is 0 Å². The minimum atomic E-state index is -0.0313. The van der Waals surface area contributed by atoms with Crippen LogP contribution in [-0.4, -0.2) is 12.6 Å². The summed E-state index contributed by atoms with van der Waals surface area (Å²) < 4.78 is 5.18. The average molecular weight is 196 g/mol. The highest BCUT2D eigenvalue weighted by Gasteiger charge is 2.59. The molecule has 2 fully saturated rings. The highest BCUT2D eigenvalue weighted by atomic mass is 16.5. The van der Waals surface area contributed by atoms with E-state index in [1.807, 2.05) is 6.92 Å². The Morgan fingerprint density at radius 2 is 2.14 bits per heavy atom. The van der Waals surface area contributed by atoms with Gasteiger partial charge in [0.15, 0.2) is 0 Å². The molecule has 0 bridgehead atoms. The van der Waals surface area contributed by atoms with E-state index < -0.39 is 0 Å². The van der Waals surface area contributed by atoms with Gasteiger partial charge in [0.1, 0.15) is 0 Å². The van der Waals surface area contributed by atoms with E-state index in [9.17, 15) is 4.79 Å². The minimum absolute atomic E-state index is 0.0313. The second kappa shape index (κ2) is 3.92. The molecule has 0 radical (unpaired) electrons. The molecule has 2 saturated carbocycles. The molecule has 0 N–H and O–H groups in total. The lowest BCUT2D eigenvalue weighted by Gasteiger charge is -2.18. The fourth-order valence-corrected chi connectivity index (χ4v) is 2.88. The Kier molecular flexibility index (Phi) is 2.80. The molecule has 0 heterocycles. The predicted octanol–water partition coefficient (Wildman–Crippen LogP) is 2.91. The van der Waals surface area contributed by atoms with Crippen LogP contribution >= 0.6 is 0 Å². The number of carbonyl (C=O) groups excluding carboxylic acids is 1. The predicted molar refractivity (Wildman–Crippen MR) is 54.9 cm³/mol. The van der Waals surface area contributed by atoms with E-state index in [0.717, 1.165) is 12.8 Å². The third-order valence-electron chi connectivity index (χ3n) is 3.84. The van der Waals surface area contributed by atoms with Gasteiger partial charge in [-0.25, -0.2) is 0 Å². The molecule has 0 saturated heterocycles. The molecule has 2 rings (SSSR count). The van der Waals surface area contributed by atoms with E-state index in [4.69, 9.17) is 4.74 Å². The van der Waals surface area contributed by atoms with Crippen molar-refractivity contribution in [3.05, 3.63) is 0 Å². The van der Waals surface area contributed by atoms with Crippen LogP contribution in [0.1, 0.15) is 51.9 Å². The van der Waals surface area contributed by atoms with Crippen LogP contribution in [0.4, 0.5) is 0 Å². The summed E-state index contributed by atoms with van der Waals surface area (Å²) in [5.74, 6) is 0.744. The maximum atomic E-state index is 11.8. The van der Waals surface area contributed by atoms with Gasteiger partial charge in [-0.1, -0.05) is 25.7 Å². The molecule has 2 nitrogen and oxygen atoms in total. The van der Waals surface area contributed by atoms with Crippen molar-refractivity contribution in [3.8, 4) is 0 Å². The molecular formula is C12H20O2. The van der Waals surface area contributed by atoms with E-state index >= 15 is 0 Å². The van der Waals surface area contributed by atoms with Gasteiger partial charge in [-0.2, -0.15) is 0 Å². The summed E-state index contributed by atoms with van der Waals surface area (Å²) >= 11 is 0. The smallest absolute Gasteiger partial charge is 0.312 e. The Morgan fingerprint density at radius 1 is 1.36 bits per heavy atom. The van der Waals surface area contributed by atoms with Crippen molar-refractivity contribution in [1.82, 2.24) is 0 Å². The Hall–Kier alpha value is -0.530. The summed E-state index contributed by atoms with van der Waals surface area (Å²) in [5, 5.41) is 0. The van der Waals surface area contributed by atoms with Crippen LogP contribution in [-0.2, 0) is 9.53 Å². The highest BCUT2D eigenvalue weighted by molar-refractivity contribution is 5.80. The summed E-state index contributed by atoms with van der Waals surface area (Å²) in [6.45, 7) is 2.43. The average Bonchev–Trinajstić information content (AvgIpc) is 2.80. The number of rotatable bonds is 2. The molecule has 0 aromatic rings. The van der Waals surface area contributed by atoms with Crippen LogP contribution in [0.25, 0.3) is 0 Å². The molecule has 0 aliphatic heterocycles. The maximum Gasteiger partial charge on any atom is 0.312 e. The maximum absolute atomic E-state index is 11.8. The van der Waals surface area contributed by atoms with Gasteiger partial charge >= 0.3 is 5.97 Å². The largest absolute Gasteiger partial charge is 0.466 e. The van der Waals surface area contributed by atoms with Crippen molar-refractivity contribution in [2.24, 2.45) is 11.3 Å². The zero-order valence-corrected chi connectivity index (χ0v) is 9.05. The molecule has 0 aromatic carbocycles. The molecule has 2 heteroatoms. The molecule has 2 atom stereocenters. The second-order valence-corrected chi connectivity index (χ2v) is 4.73.